The van der Waals surface area contributed by atoms with Crippen LogP contribution < -0.4 is 5.32 Å². The van der Waals surface area contributed by atoms with Gasteiger partial charge in [0.15, 0.2) is 0 Å². The third kappa shape index (κ3) is 3.65. The summed E-state index contributed by atoms with van der Waals surface area (Å²) in [6.07, 6.45) is 2.60. The first-order valence-corrected chi connectivity index (χ1v) is 8.44. The fourth-order valence-electron chi connectivity index (χ4n) is 3.26. The summed E-state index contributed by atoms with van der Waals surface area (Å²) in [6, 6.07) is 1.98. The molecule has 0 bridgehead atoms. The molecule has 140 valence electrons. The van der Waals surface area contributed by atoms with E-state index < -0.39 is 35.6 Å². The van der Waals surface area contributed by atoms with E-state index in [-0.39, 0.29) is 5.92 Å². The van der Waals surface area contributed by atoms with Crippen molar-refractivity contribution in [3.63, 3.8) is 0 Å². The Kier molecular flexibility index (Phi) is 4.13. The fourth-order valence-corrected chi connectivity index (χ4v) is 3.26. The van der Waals surface area contributed by atoms with Gasteiger partial charge in [-0.3, -0.25) is 15.2 Å². The first-order chi connectivity index (χ1) is 12.8. The van der Waals surface area contributed by atoms with E-state index in [1.54, 1.807) is 17.4 Å². The molecule has 1 aromatic heterocycles. The average Bonchev–Trinajstić information content (AvgIpc) is 3.30. The Bertz CT molecular complexity index is 1010. The van der Waals surface area contributed by atoms with Crippen LogP contribution in [0.15, 0.2) is 36.5 Å². The number of nitrogens with zero attached hydrogens (tertiary/aromatic N) is 1. The Morgan fingerprint density at radius 3 is 2.56 bits per heavy atom. The van der Waals surface area contributed by atoms with E-state index in [9.17, 15) is 22.4 Å². The van der Waals surface area contributed by atoms with Gasteiger partial charge < -0.3 is 0 Å². The molecule has 1 aliphatic rings. The minimum atomic E-state index is -3.60. The maximum Gasteiger partial charge on any atom is 0.329 e. The topological polar surface area (TPSA) is 57.8 Å². The highest BCUT2D eigenvalue weighted by Crippen LogP contribution is 2.44. The van der Waals surface area contributed by atoms with E-state index in [0.29, 0.717) is 34.7 Å². The van der Waals surface area contributed by atoms with E-state index in [4.69, 9.17) is 0 Å². The predicted octanol–water partition coefficient (Wildman–Crippen LogP) is 4.28. The van der Waals surface area contributed by atoms with Crippen LogP contribution in [0.25, 0.3) is 10.9 Å². The Balaban J connectivity index is 1.61. The van der Waals surface area contributed by atoms with Crippen molar-refractivity contribution in [3.05, 3.63) is 64.9 Å². The molecule has 0 unspecified atom stereocenters. The van der Waals surface area contributed by atoms with Crippen molar-refractivity contribution in [3.8, 4) is 0 Å². The van der Waals surface area contributed by atoms with Crippen LogP contribution in [0, 0.1) is 11.6 Å². The molecule has 8 heteroatoms. The number of carbonyl (C=O) groups is 1. The van der Waals surface area contributed by atoms with Crippen LogP contribution in [0.4, 0.5) is 17.6 Å². The van der Waals surface area contributed by atoms with Gasteiger partial charge >= 0.3 is 6.05 Å². The molecule has 1 amide bonds. The van der Waals surface area contributed by atoms with Gasteiger partial charge in [-0.2, -0.15) is 13.9 Å². The van der Waals surface area contributed by atoms with Crippen molar-refractivity contribution in [1.29, 1.82) is 0 Å². The van der Waals surface area contributed by atoms with E-state index >= 15 is 0 Å². The monoisotopic (exact) mass is 377 g/mol. The first kappa shape index (κ1) is 17.5. The lowest BCUT2D eigenvalue weighted by Gasteiger charge is -2.20. The number of fused-ring (bicyclic) bond motifs is 1. The molecule has 0 spiro atoms. The lowest BCUT2D eigenvalue weighted by atomic mass is 9.96. The van der Waals surface area contributed by atoms with Gasteiger partial charge in [0.25, 0.3) is 5.91 Å². The highest BCUT2D eigenvalue weighted by molar-refractivity contribution is 5.94. The summed E-state index contributed by atoms with van der Waals surface area (Å²) in [4.78, 5) is 12.1. The van der Waals surface area contributed by atoms with Crippen LogP contribution in [0.5, 0.6) is 0 Å². The minimum Gasteiger partial charge on any atom is -0.293 e. The maximum absolute atomic E-state index is 14.6. The second-order valence-corrected chi connectivity index (χ2v) is 6.73. The Hall–Kier alpha value is -2.90. The van der Waals surface area contributed by atoms with Crippen LogP contribution in [0.2, 0.25) is 0 Å². The predicted molar refractivity (Wildman–Crippen MR) is 90.5 cm³/mol. The summed E-state index contributed by atoms with van der Waals surface area (Å²) in [7, 11) is 0. The van der Waals surface area contributed by atoms with Gasteiger partial charge in [-0.15, -0.1) is 0 Å². The number of rotatable bonds is 5. The third-order valence-corrected chi connectivity index (χ3v) is 4.61. The molecular weight excluding hydrogens is 362 g/mol. The number of alkyl halides is 2. The molecule has 4 nitrogen and oxygen atoms in total. The van der Waals surface area contributed by atoms with Crippen LogP contribution >= 0.6 is 0 Å². The van der Waals surface area contributed by atoms with Crippen molar-refractivity contribution in [1.82, 2.24) is 15.5 Å². The normalized spacial score (nSPS) is 14.5. The fraction of sp³-hybridized carbons (Fsp3) is 0.263. The number of aromatic nitrogens is 2. The zero-order chi connectivity index (χ0) is 19.2. The molecule has 1 saturated carbocycles. The van der Waals surface area contributed by atoms with Gasteiger partial charge in [0.1, 0.15) is 11.6 Å². The quantitative estimate of drug-likeness (QED) is 0.515. The summed E-state index contributed by atoms with van der Waals surface area (Å²) < 4.78 is 55.7. The third-order valence-electron chi connectivity index (χ3n) is 4.61. The number of carbonyl (C=O) groups excluding carboxylic acids is 1. The Labute approximate surface area is 151 Å². The second kappa shape index (κ2) is 6.37. The van der Waals surface area contributed by atoms with E-state index in [2.05, 4.69) is 10.2 Å². The molecular formula is C19H15F4N3O. The average molecular weight is 377 g/mol. The van der Waals surface area contributed by atoms with Crippen molar-refractivity contribution in [2.45, 2.75) is 31.2 Å². The molecule has 0 radical (unpaired) electrons. The van der Waals surface area contributed by atoms with E-state index in [1.165, 1.54) is 6.20 Å². The summed E-state index contributed by atoms with van der Waals surface area (Å²) >= 11 is 0. The molecule has 2 N–H and O–H groups in total. The van der Waals surface area contributed by atoms with Crippen molar-refractivity contribution in [2.75, 3.05) is 0 Å². The molecule has 1 heterocycles. The summed E-state index contributed by atoms with van der Waals surface area (Å²) in [6.45, 7) is 0. The molecule has 0 aliphatic heterocycles. The minimum absolute atomic E-state index is 0.225. The number of aromatic amines is 1. The Morgan fingerprint density at radius 1 is 1.19 bits per heavy atom. The standard InChI is InChI=1S/C19H15F4N3O/c20-12-5-11(6-13(21)7-12)18(27)25-19(22,23)8-15-14(10-1-2-10)3-4-17-16(15)9-24-26-17/h3-7,9-10H,1-2,8H2,(H,24,26)(H,25,27). The highest BCUT2D eigenvalue weighted by atomic mass is 19.3. The molecule has 1 fully saturated rings. The van der Waals surface area contributed by atoms with Crippen LogP contribution in [0.3, 0.4) is 0 Å². The molecule has 0 atom stereocenters. The largest absolute Gasteiger partial charge is 0.329 e. The van der Waals surface area contributed by atoms with Crippen molar-refractivity contribution in [2.24, 2.45) is 0 Å². The number of benzene rings is 2. The van der Waals surface area contributed by atoms with Crippen LogP contribution in [-0.2, 0) is 6.42 Å². The highest BCUT2D eigenvalue weighted by Gasteiger charge is 2.36. The maximum atomic E-state index is 14.6. The molecule has 1 aliphatic carbocycles. The van der Waals surface area contributed by atoms with Gasteiger partial charge in [-0.1, -0.05) is 6.07 Å². The van der Waals surface area contributed by atoms with E-state index in [0.717, 1.165) is 18.4 Å². The lowest BCUT2D eigenvalue weighted by molar-refractivity contribution is -0.0268. The molecule has 0 saturated heterocycles. The van der Waals surface area contributed by atoms with Crippen molar-refractivity contribution < 1.29 is 22.4 Å². The smallest absolute Gasteiger partial charge is 0.293 e. The zero-order valence-electron chi connectivity index (χ0n) is 14.0. The second-order valence-electron chi connectivity index (χ2n) is 6.73. The number of hydrogen-bond donors (Lipinski definition) is 2. The van der Waals surface area contributed by atoms with Crippen LogP contribution in [0.1, 0.15) is 40.2 Å². The summed E-state index contributed by atoms with van der Waals surface area (Å²) in [5.41, 5.74) is 1.36. The SMILES string of the molecule is O=C(NC(F)(F)Cc1c(C2CC2)ccc2[nH]ncc12)c1cc(F)cc(F)c1. The number of hydrogen-bond acceptors (Lipinski definition) is 2. The molecule has 27 heavy (non-hydrogen) atoms. The zero-order valence-corrected chi connectivity index (χ0v) is 14.0. The summed E-state index contributed by atoms with van der Waals surface area (Å²) in [5, 5.41) is 8.80. The number of nitrogens with one attached hydrogen (secondary N) is 2. The van der Waals surface area contributed by atoms with Crippen molar-refractivity contribution >= 4 is 16.8 Å². The number of halogens is 4. The van der Waals surface area contributed by atoms with Gasteiger partial charge in [0.2, 0.25) is 0 Å². The van der Waals surface area contributed by atoms with E-state index in [1.807, 2.05) is 0 Å². The lowest BCUT2D eigenvalue weighted by Crippen LogP contribution is -2.43. The molecule has 3 aromatic rings. The van der Waals surface area contributed by atoms with Gasteiger partial charge in [0.05, 0.1) is 18.1 Å². The molecule has 4 rings (SSSR count). The van der Waals surface area contributed by atoms with Crippen LogP contribution in [-0.4, -0.2) is 22.2 Å². The Morgan fingerprint density at radius 2 is 1.89 bits per heavy atom. The van der Waals surface area contributed by atoms with Gasteiger partial charge in [0, 0.05) is 17.0 Å². The summed E-state index contributed by atoms with van der Waals surface area (Å²) in [5.74, 6) is -3.04. The van der Waals surface area contributed by atoms with Gasteiger partial charge in [-0.25, -0.2) is 8.78 Å². The molecule has 2 aromatic carbocycles. The number of amides is 1. The first-order valence-electron chi connectivity index (χ1n) is 8.44. The van der Waals surface area contributed by atoms with Gasteiger partial charge in [-0.05, 0) is 48.1 Å². The number of H-pyrrole nitrogens is 1.